The number of halogens is 1. The van der Waals surface area contributed by atoms with Crippen LogP contribution in [0.2, 0.25) is 5.28 Å². The molecule has 0 spiro atoms. The second-order valence-electron chi connectivity index (χ2n) is 3.33. The fourth-order valence-electron chi connectivity index (χ4n) is 1.45. The second kappa shape index (κ2) is 3.58. The van der Waals surface area contributed by atoms with Crippen LogP contribution in [0.4, 0.5) is 5.82 Å². The minimum absolute atomic E-state index is 0.0549. The van der Waals surface area contributed by atoms with Crippen molar-refractivity contribution in [1.29, 1.82) is 0 Å². The van der Waals surface area contributed by atoms with E-state index in [9.17, 15) is 9.59 Å². The molecule has 15 heavy (non-hydrogen) atoms. The van der Waals surface area contributed by atoms with Gasteiger partial charge in [0.2, 0.25) is 11.2 Å². The minimum atomic E-state index is -0.242. The highest BCUT2D eigenvalue weighted by molar-refractivity contribution is 6.28. The zero-order valence-electron chi connectivity index (χ0n) is 8.03. The molecule has 0 radical (unpaired) electrons. The molecule has 2 rings (SSSR count). The van der Waals surface area contributed by atoms with Crippen LogP contribution >= 0.6 is 11.6 Å². The van der Waals surface area contributed by atoms with Gasteiger partial charge in [0.25, 0.3) is 0 Å². The van der Waals surface area contributed by atoms with Crippen molar-refractivity contribution in [1.82, 2.24) is 9.97 Å². The van der Waals surface area contributed by atoms with E-state index >= 15 is 0 Å². The molecule has 5 nitrogen and oxygen atoms in total. The maximum Gasteiger partial charge on any atom is 0.236 e. The highest BCUT2D eigenvalue weighted by Crippen LogP contribution is 2.19. The molecule has 0 N–H and O–H groups in total. The lowest BCUT2D eigenvalue weighted by Gasteiger charge is -2.13. The number of rotatable bonds is 1. The number of amides is 1. The third kappa shape index (κ3) is 1.97. The van der Waals surface area contributed by atoms with Crippen LogP contribution in [0.1, 0.15) is 12.1 Å². The molecular weight excluding hydrogens is 218 g/mol. The summed E-state index contributed by atoms with van der Waals surface area (Å²) >= 11 is 5.67. The first-order chi connectivity index (χ1) is 7.06. The highest BCUT2D eigenvalue weighted by Gasteiger charge is 2.29. The van der Waals surface area contributed by atoms with Crippen LogP contribution in [0, 0.1) is 6.92 Å². The van der Waals surface area contributed by atoms with E-state index in [1.807, 2.05) is 0 Å². The summed E-state index contributed by atoms with van der Waals surface area (Å²) in [4.78, 5) is 31.6. The zero-order valence-corrected chi connectivity index (χ0v) is 8.78. The number of nitrogens with zero attached hydrogens (tertiary/aromatic N) is 3. The Morgan fingerprint density at radius 2 is 2.13 bits per heavy atom. The standard InChI is InChI=1S/C9H8ClN3O2/c1-5-2-7(12-9(10)11-5)13-4-6(14)3-8(13)15/h2H,3-4H2,1H3. The Hall–Kier alpha value is -1.49. The van der Waals surface area contributed by atoms with Crippen molar-refractivity contribution in [2.75, 3.05) is 11.4 Å². The van der Waals surface area contributed by atoms with Gasteiger partial charge in [-0.1, -0.05) is 0 Å². The van der Waals surface area contributed by atoms with Gasteiger partial charge in [-0.05, 0) is 18.5 Å². The lowest BCUT2D eigenvalue weighted by Crippen LogP contribution is -2.25. The Labute approximate surface area is 91.1 Å². The van der Waals surface area contributed by atoms with Gasteiger partial charge in [0.15, 0.2) is 5.78 Å². The molecule has 0 bridgehead atoms. The Kier molecular flexibility index (Phi) is 2.40. The minimum Gasteiger partial charge on any atom is -0.297 e. The molecule has 0 aromatic carbocycles. The molecule has 0 unspecified atom stereocenters. The van der Waals surface area contributed by atoms with Crippen LogP contribution in [0.5, 0.6) is 0 Å². The molecular formula is C9H8ClN3O2. The summed E-state index contributed by atoms with van der Waals surface area (Å²) in [5.74, 6) is 0.0462. The molecule has 1 aliphatic rings. The number of hydrogen-bond donors (Lipinski definition) is 0. The zero-order chi connectivity index (χ0) is 11.0. The summed E-state index contributed by atoms with van der Waals surface area (Å²) in [6.45, 7) is 1.82. The van der Waals surface area contributed by atoms with E-state index in [0.29, 0.717) is 11.5 Å². The molecule has 0 saturated carbocycles. The Bertz CT molecular complexity index is 427. The molecule has 0 atom stereocenters. The largest absolute Gasteiger partial charge is 0.297 e. The Morgan fingerprint density at radius 3 is 2.67 bits per heavy atom. The summed E-state index contributed by atoms with van der Waals surface area (Å²) in [6, 6.07) is 1.63. The molecule has 1 saturated heterocycles. The van der Waals surface area contributed by atoms with Crippen molar-refractivity contribution in [3.8, 4) is 0 Å². The lowest BCUT2D eigenvalue weighted by atomic mass is 10.3. The molecule has 1 fully saturated rings. The van der Waals surface area contributed by atoms with E-state index in [-0.39, 0.29) is 29.9 Å². The van der Waals surface area contributed by atoms with E-state index in [0.717, 1.165) is 0 Å². The monoisotopic (exact) mass is 225 g/mol. The van der Waals surface area contributed by atoms with Crippen LogP contribution in [-0.2, 0) is 9.59 Å². The van der Waals surface area contributed by atoms with Crippen LogP contribution < -0.4 is 4.90 Å². The first-order valence-electron chi connectivity index (χ1n) is 4.39. The lowest BCUT2D eigenvalue weighted by molar-refractivity contribution is -0.121. The first kappa shape index (κ1) is 10.0. The number of carbonyl (C=O) groups excluding carboxylic acids is 2. The Morgan fingerprint density at radius 1 is 1.40 bits per heavy atom. The first-order valence-corrected chi connectivity index (χ1v) is 4.77. The molecule has 0 aliphatic carbocycles. The molecule has 2 heterocycles. The molecule has 6 heteroatoms. The molecule has 1 aliphatic heterocycles. The summed E-state index contributed by atoms with van der Waals surface area (Å²) < 4.78 is 0. The predicted octanol–water partition coefficient (Wildman–Crippen LogP) is 0.744. The Balaban J connectivity index is 2.37. The average Bonchev–Trinajstić information content (AvgIpc) is 2.43. The molecule has 1 aromatic rings. The number of hydrogen-bond acceptors (Lipinski definition) is 4. The van der Waals surface area contributed by atoms with E-state index < -0.39 is 0 Å². The average molecular weight is 226 g/mol. The maximum absolute atomic E-state index is 11.4. The van der Waals surface area contributed by atoms with E-state index in [2.05, 4.69) is 9.97 Å². The van der Waals surface area contributed by atoms with Crippen LogP contribution in [0.15, 0.2) is 6.07 Å². The highest BCUT2D eigenvalue weighted by atomic mass is 35.5. The van der Waals surface area contributed by atoms with Crippen molar-refractivity contribution >= 4 is 29.1 Å². The fraction of sp³-hybridized carbons (Fsp3) is 0.333. The topological polar surface area (TPSA) is 63.2 Å². The molecule has 1 aromatic heterocycles. The second-order valence-corrected chi connectivity index (χ2v) is 3.67. The van der Waals surface area contributed by atoms with Crippen molar-refractivity contribution in [3.63, 3.8) is 0 Å². The molecule has 78 valence electrons. The number of aromatic nitrogens is 2. The van der Waals surface area contributed by atoms with E-state index in [1.165, 1.54) is 4.90 Å². The smallest absolute Gasteiger partial charge is 0.236 e. The predicted molar refractivity (Wildman–Crippen MR) is 53.8 cm³/mol. The summed E-state index contributed by atoms with van der Waals surface area (Å²) in [6.07, 6.45) is -0.0549. The molecule has 1 amide bonds. The van der Waals surface area contributed by atoms with E-state index in [4.69, 9.17) is 11.6 Å². The van der Waals surface area contributed by atoms with Gasteiger partial charge in [0.05, 0.1) is 13.0 Å². The van der Waals surface area contributed by atoms with Gasteiger partial charge in [-0.15, -0.1) is 0 Å². The number of ketones is 1. The van der Waals surface area contributed by atoms with Crippen molar-refractivity contribution in [3.05, 3.63) is 17.0 Å². The fourth-order valence-corrected chi connectivity index (χ4v) is 1.67. The van der Waals surface area contributed by atoms with Crippen LogP contribution in [-0.4, -0.2) is 28.2 Å². The van der Waals surface area contributed by atoms with Crippen molar-refractivity contribution in [2.24, 2.45) is 0 Å². The summed E-state index contributed by atoms with van der Waals surface area (Å²) in [5.41, 5.74) is 0.664. The third-order valence-electron chi connectivity index (χ3n) is 2.07. The normalized spacial score (nSPS) is 16.3. The van der Waals surface area contributed by atoms with Gasteiger partial charge in [-0.3, -0.25) is 14.5 Å². The van der Waals surface area contributed by atoms with Gasteiger partial charge in [-0.25, -0.2) is 9.97 Å². The van der Waals surface area contributed by atoms with Crippen LogP contribution in [0.25, 0.3) is 0 Å². The van der Waals surface area contributed by atoms with Gasteiger partial charge in [-0.2, -0.15) is 0 Å². The summed E-state index contributed by atoms with van der Waals surface area (Å²) in [5, 5.41) is 0.0807. The number of Topliss-reactive ketones (excluding diaryl/α,β-unsaturated/α-hetero) is 1. The van der Waals surface area contributed by atoms with E-state index in [1.54, 1.807) is 13.0 Å². The van der Waals surface area contributed by atoms with Crippen molar-refractivity contribution < 1.29 is 9.59 Å². The van der Waals surface area contributed by atoms with Gasteiger partial charge in [0.1, 0.15) is 5.82 Å². The quantitative estimate of drug-likeness (QED) is 0.523. The number of carbonyl (C=O) groups is 2. The number of aryl methyl sites for hydroxylation is 1. The van der Waals surface area contributed by atoms with Crippen LogP contribution in [0.3, 0.4) is 0 Å². The summed E-state index contributed by atoms with van der Waals surface area (Å²) in [7, 11) is 0. The van der Waals surface area contributed by atoms with Gasteiger partial charge >= 0.3 is 0 Å². The SMILES string of the molecule is Cc1cc(N2CC(=O)CC2=O)nc(Cl)n1. The maximum atomic E-state index is 11.4. The van der Waals surface area contributed by atoms with Gasteiger partial charge in [0, 0.05) is 11.8 Å². The van der Waals surface area contributed by atoms with Crippen molar-refractivity contribution in [2.45, 2.75) is 13.3 Å². The third-order valence-corrected chi connectivity index (χ3v) is 2.24. The number of anilines is 1. The van der Waals surface area contributed by atoms with Gasteiger partial charge < -0.3 is 0 Å².